The molecule has 0 aliphatic rings. The number of halogens is 1. The molecule has 1 N–H and O–H groups in total. The number of rotatable bonds is 5. The molecule has 1 heterocycles. The number of aromatic nitrogens is 2. The number of H-pyrrole nitrogens is 1. The number of carbonyl (C=O) groups excluding carboxylic acids is 1. The van der Waals surface area contributed by atoms with Crippen molar-refractivity contribution in [2.45, 2.75) is 13.3 Å². The Bertz CT molecular complexity index is 447. The predicted octanol–water partition coefficient (Wildman–Crippen LogP) is 0.764. The Kier molecular flexibility index (Phi) is 5.39. The first-order valence-corrected chi connectivity index (χ1v) is 6.23. The number of esters is 1. The van der Waals surface area contributed by atoms with Crippen molar-refractivity contribution in [3.8, 4) is 0 Å². The molecule has 0 radical (unpaired) electrons. The van der Waals surface area contributed by atoms with E-state index in [0.29, 0.717) is 22.5 Å². The molecule has 0 aliphatic carbocycles. The summed E-state index contributed by atoms with van der Waals surface area (Å²) in [5, 5.41) is 0. The smallest absolute Gasteiger partial charge is 0.307 e. The van der Waals surface area contributed by atoms with Crippen LogP contribution in [0.5, 0.6) is 0 Å². The minimum absolute atomic E-state index is 0.174. The van der Waals surface area contributed by atoms with E-state index >= 15 is 0 Å². The van der Waals surface area contributed by atoms with Crippen LogP contribution in [0, 0.1) is 3.57 Å². The fourth-order valence-electron chi connectivity index (χ4n) is 1.34. The largest absolute Gasteiger partial charge is 0.469 e. The average Bonchev–Trinajstić information content (AvgIpc) is 2.34. The lowest BCUT2D eigenvalue weighted by atomic mass is 10.3. The van der Waals surface area contributed by atoms with Crippen LogP contribution in [0.1, 0.15) is 13.3 Å². The van der Waals surface area contributed by atoms with Crippen molar-refractivity contribution in [3.05, 3.63) is 20.3 Å². The van der Waals surface area contributed by atoms with Gasteiger partial charge in [0, 0.05) is 13.1 Å². The Morgan fingerprint density at radius 3 is 2.94 bits per heavy atom. The SMILES string of the molecule is CCN(CCC(=O)OC)c1nc[nH]c(=O)c1I. The van der Waals surface area contributed by atoms with Gasteiger partial charge in [-0.1, -0.05) is 0 Å². The summed E-state index contributed by atoms with van der Waals surface area (Å²) >= 11 is 1.95. The van der Waals surface area contributed by atoms with Gasteiger partial charge in [-0.3, -0.25) is 9.59 Å². The lowest BCUT2D eigenvalue weighted by Gasteiger charge is -2.21. The molecule has 0 saturated heterocycles. The molecule has 0 aromatic carbocycles. The van der Waals surface area contributed by atoms with Gasteiger partial charge in [-0.25, -0.2) is 4.98 Å². The molecule has 0 spiro atoms. The van der Waals surface area contributed by atoms with E-state index in [1.54, 1.807) is 0 Å². The second-order valence-corrected chi connectivity index (χ2v) is 4.35. The van der Waals surface area contributed by atoms with Gasteiger partial charge in [-0.15, -0.1) is 0 Å². The standard InChI is InChI=1S/C10H14IN3O3/c1-3-14(5-4-7(15)17-2)9-8(11)10(16)13-6-12-9/h6H,3-5H2,1-2H3,(H,12,13,16). The molecule has 0 aliphatic heterocycles. The minimum atomic E-state index is -0.275. The van der Waals surface area contributed by atoms with E-state index in [9.17, 15) is 9.59 Å². The molecule has 1 aromatic rings. The number of anilines is 1. The Balaban J connectivity index is 2.83. The number of methoxy groups -OCH3 is 1. The van der Waals surface area contributed by atoms with Crippen LogP contribution in [-0.4, -0.2) is 36.1 Å². The number of ether oxygens (including phenoxy) is 1. The van der Waals surface area contributed by atoms with Crippen molar-refractivity contribution in [2.24, 2.45) is 0 Å². The van der Waals surface area contributed by atoms with Gasteiger partial charge in [0.2, 0.25) is 0 Å². The van der Waals surface area contributed by atoms with E-state index in [1.165, 1.54) is 13.4 Å². The van der Waals surface area contributed by atoms with E-state index in [1.807, 2.05) is 34.4 Å². The van der Waals surface area contributed by atoms with Crippen LogP contribution in [0.25, 0.3) is 0 Å². The summed E-state index contributed by atoms with van der Waals surface area (Å²) in [4.78, 5) is 31.0. The third kappa shape index (κ3) is 3.69. The molecule has 1 rings (SSSR count). The minimum Gasteiger partial charge on any atom is -0.469 e. The zero-order chi connectivity index (χ0) is 12.8. The second kappa shape index (κ2) is 6.58. The number of nitrogens with zero attached hydrogens (tertiary/aromatic N) is 2. The summed E-state index contributed by atoms with van der Waals surface area (Å²) in [6.45, 7) is 3.09. The van der Waals surface area contributed by atoms with Crippen molar-refractivity contribution >= 4 is 34.4 Å². The third-order valence-corrected chi connectivity index (χ3v) is 3.25. The molecule has 0 atom stereocenters. The van der Waals surface area contributed by atoms with Gasteiger partial charge < -0.3 is 14.6 Å². The van der Waals surface area contributed by atoms with E-state index < -0.39 is 0 Å². The summed E-state index contributed by atoms with van der Waals surface area (Å²) in [7, 11) is 1.36. The lowest BCUT2D eigenvalue weighted by molar-refractivity contribution is -0.140. The molecule has 0 amide bonds. The number of nitrogens with one attached hydrogen (secondary N) is 1. The van der Waals surface area contributed by atoms with Crippen LogP contribution in [0.3, 0.4) is 0 Å². The topological polar surface area (TPSA) is 75.3 Å². The predicted molar refractivity (Wildman–Crippen MR) is 72.1 cm³/mol. The highest BCUT2D eigenvalue weighted by Crippen LogP contribution is 2.15. The van der Waals surface area contributed by atoms with Gasteiger partial charge in [-0.05, 0) is 29.5 Å². The molecule has 94 valence electrons. The maximum Gasteiger partial charge on any atom is 0.307 e. The molecule has 0 bridgehead atoms. The van der Waals surface area contributed by atoms with E-state index in [0.717, 1.165) is 0 Å². The highest BCUT2D eigenvalue weighted by Gasteiger charge is 2.13. The Labute approximate surface area is 113 Å². The van der Waals surface area contributed by atoms with Gasteiger partial charge >= 0.3 is 5.97 Å². The van der Waals surface area contributed by atoms with E-state index in [4.69, 9.17) is 0 Å². The molecule has 17 heavy (non-hydrogen) atoms. The van der Waals surface area contributed by atoms with Crippen LogP contribution in [0.15, 0.2) is 11.1 Å². The van der Waals surface area contributed by atoms with Crippen molar-refractivity contribution < 1.29 is 9.53 Å². The van der Waals surface area contributed by atoms with E-state index in [-0.39, 0.29) is 17.9 Å². The van der Waals surface area contributed by atoms with Crippen LogP contribution >= 0.6 is 22.6 Å². The van der Waals surface area contributed by atoms with Crippen LogP contribution in [0.2, 0.25) is 0 Å². The van der Waals surface area contributed by atoms with Crippen LogP contribution < -0.4 is 10.5 Å². The summed E-state index contributed by atoms with van der Waals surface area (Å²) < 4.78 is 5.10. The third-order valence-electron chi connectivity index (χ3n) is 2.27. The van der Waals surface area contributed by atoms with Crippen molar-refractivity contribution in [3.63, 3.8) is 0 Å². The molecular weight excluding hydrogens is 337 g/mol. The first-order chi connectivity index (χ1) is 8.10. The average molecular weight is 351 g/mol. The van der Waals surface area contributed by atoms with Crippen LogP contribution in [0.4, 0.5) is 5.82 Å². The Morgan fingerprint density at radius 1 is 1.65 bits per heavy atom. The molecule has 7 heteroatoms. The van der Waals surface area contributed by atoms with Crippen LogP contribution in [-0.2, 0) is 9.53 Å². The number of aromatic amines is 1. The maximum absolute atomic E-state index is 11.4. The van der Waals surface area contributed by atoms with Gasteiger partial charge in [0.1, 0.15) is 9.39 Å². The van der Waals surface area contributed by atoms with E-state index in [2.05, 4.69) is 14.7 Å². The lowest BCUT2D eigenvalue weighted by Crippen LogP contribution is -2.30. The zero-order valence-corrected chi connectivity index (χ0v) is 11.9. The zero-order valence-electron chi connectivity index (χ0n) is 9.70. The van der Waals surface area contributed by atoms with Gasteiger partial charge in [-0.2, -0.15) is 0 Å². The second-order valence-electron chi connectivity index (χ2n) is 3.28. The monoisotopic (exact) mass is 351 g/mol. The highest BCUT2D eigenvalue weighted by atomic mass is 127. The quantitative estimate of drug-likeness (QED) is 0.626. The van der Waals surface area contributed by atoms with Gasteiger partial charge in [0.05, 0.1) is 19.9 Å². The summed E-state index contributed by atoms with van der Waals surface area (Å²) in [6, 6.07) is 0. The Morgan fingerprint density at radius 2 is 2.35 bits per heavy atom. The number of carbonyl (C=O) groups is 1. The summed E-state index contributed by atoms with van der Waals surface area (Å²) in [5.74, 6) is 0.323. The summed E-state index contributed by atoms with van der Waals surface area (Å²) in [5.41, 5.74) is -0.174. The van der Waals surface area contributed by atoms with Crippen molar-refractivity contribution in [2.75, 3.05) is 25.1 Å². The fraction of sp³-hybridized carbons (Fsp3) is 0.500. The first kappa shape index (κ1) is 13.9. The molecule has 6 nitrogen and oxygen atoms in total. The molecule has 1 aromatic heterocycles. The van der Waals surface area contributed by atoms with Crippen molar-refractivity contribution in [1.82, 2.24) is 9.97 Å². The molecule has 0 fully saturated rings. The normalized spacial score (nSPS) is 10.1. The molecular formula is C10H14IN3O3. The number of hydrogen-bond acceptors (Lipinski definition) is 5. The Hall–Kier alpha value is -1.12. The van der Waals surface area contributed by atoms with Gasteiger partial charge in [0.15, 0.2) is 0 Å². The molecule has 0 saturated carbocycles. The summed E-state index contributed by atoms with van der Waals surface area (Å²) in [6.07, 6.45) is 1.63. The number of hydrogen-bond donors (Lipinski definition) is 1. The first-order valence-electron chi connectivity index (χ1n) is 5.15. The fourth-order valence-corrected chi connectivity index (χ4v) is 1.97. The maximum atomic E-state index is 11.4. The highest BCUT2D eigenvalue weighted by molar-refractivity contribution is 14.1. The van der Waals surface area contributed by atoms with Crippen molar-refractivity contribution in [1.29, 1.82) is 0 Å². The molecule has 0 unspecified atom stereocenters. The van der Waals surface area contributed by atoms with Gasteiger partial charge in [0.25, 0.3) is 5.56 Å².